The van der Waals surface area contributed by atoms with Gasteiger partial charge >= 0.3 is 0 Å². The molecule has 144 valence electrons. The van der Waals surface area contributed by atoms with Crippen molar-refractivity contribution in [3.05, 3.63) is 47.3 Å². The first-order valence-electron chi connectivity index (χ1n) is 9.71. The van der Waals surface area contributed by atoms with E-state index < -0.39 is 0 Å². The summed E-state index contributed by atoms with van der Waals surface area (Å²) in [4.78, 5) is 26.2. The molecule has 27 heavy (non-hydrogen) atoms. The van der Waals surface area contributed by atoms with Gasteiger partial charge in [-0.3, -0.25) is 4.79 Å². The molecule has 0 unspecified atom stereocenters. The Morgan fingerprint density at radius 2 is 1.85 bits per heavy atom. The number of nitrogens with one attached hydrogen (secondary N) is 1. The molecule has 1 fully saturated rings. The fraction of sp³-hybridized carbons (Fsp3) is 0.476. The fourth-order valence-electron chi connectivity index (χ4n) is 3.40. The van der Waals surface area contributed by atoms with Crippen molar-refractivity contribution < 1.29 is 4.79 Å². The highest BCUT2D eigenvalue weighted by molar-refractivity contribution is 5.92. The number of hydrogen-bond donors (Lipinski definition) is 1. The Hall–Kier alpha value is -2.47. The molecule has 0 radical (unpaired) electrons. The van der Waals surface area contributed by atoms with Gasteiger partial charge in [-0.1, -0.05) is 39.0 Å². The van der Waals surface area contributed by atoms with Crippen LogP contribution in [-0.2, 0) is 0 Å². The van der Waals surface area contributed by atoms with Crippen LogP contribution in [0.3, 0.4) is 0 Å². The second-order valence-corrected chi connectivity index (χ2v) is 7.31. The maximum Gasteiger partial charge on any atom is 0.272 e. The van der Waals surface area contributed by atoms with Gasteiger partial charge < -0.3 is 15.1 Å². The summed E-state index contributed by atoms with van der Waals surface area (Å²) in [5.41, 5.74) is 3.42. The normalized spacial score (nSPS) is 15.2. The van der Waals surface area contributed by atoms with Gasteiger partial charge in [0.25, 0.3) is 5.91 Å². The third-order valence-corrected chi connectivity index (χ3v) is 5.01. The first-order valence-corrected chi connectivity index (χ1v) is 9.71. The molecule has 1 aromatic carbocycles. The summed E-state index contributed by atoms with van der Waals surface area (Å²) < 4.78 is 0. The van der Waals surface area contributed by atoms with Crippen molar-refractivity contribution in [2.45, 2.75) is 33.6 Å². The molecule has 1 amide bonds. The van der Waals surface area contributed by atoms with Crippen LogP contribution in [0.1, 0.15) is 48.4 Å². The van der Waals surface area contributed by atoms with Crippen LogP contribution in [0.2, 0.25) is 0 Å². The smallest absolute Gasteiger partial charge is 0.272 e. The van der Waals surface area contributed by atoms with E-state index in [0.29, 0.717) is 17.6 Å². The van der Waals surface area contributed by atoms with Gasteiger partial charge in [0.2, 0.25) is 5.95 Å². The first-order chi connectivity index (χ1) is 13.0. The zero-order chi connectivity index (χ0) is 19.4. The summed E-state index contributed by atoms with van der Waals surface area (Å²) in [7, 11) is 0. The second kappa shape index (κ2) is 8.48. The predicted octanol–water partition coefficient (Wildman–Crippen LogP) is 3.43. The molecule has 1 aromatic heterocycles. The summed E-state index contributed by atoms with van der Waals surface area (Å²) in [6.07, 6.45) is 0. The lowest BCUT2D eigenvalue weighted by Gasteiger charge is -2.33. The van der Waals surface area contributed by atoms with Crippen molar-refractivity contribution in [2.75, 3.05) is 38.0 Å². The number of benzene rings is 1. The van der Waals surface area contributed by atoms with E-state index in [-0.39, 0.29) is 5.91 Å². The van der Waals surface area contributed by atoms with Crippen molar-refractivity contribution in [3.63, 3.8) is 0 Å². The molecule has 6 heteroatoms. The first kappa shape index (κ1) is 19.3. The highest BCUT2D eigenvalue weighted by Crippen LogP contribution is 2.26. The largest absolute Gasteiger partial charge is 0.335 e. The van der Waals surface area contributed by atoms with Crippen LogP contribution in [0.15, 0.2) is 30.3 Å². The summed E-state index contributed by atoms with van der Waals surface area (Å²) in [5, 5.41) is 3.31. The van der Waals surface area contributed by atoms with Gasteiger partial charge in [-0.15, -0.1) is 0 Å². The van der Waals surface area contributed by atoms with E-state index in [1.807, 2.05) is 30.0 Å². The van der Waals surface area contributed by atoms with E-state index in [1.54, 1.807) is 6.07 Å². The lowest BCUT2D eigenvalue weighted by Crippen LogP contribution is -2.48. The molecular formula is C21H29N5O. The minimum absolute atomic E-state index is 0.0172. The summed E-state index contributed by atoms with van der Waals surface area (Å²) in [5.74, 6) is 0.838. The van der Waals surface area contributed by atoms with E-state index in [4.69, 9.17) is 0 Å². The van der Waals surface area contributed by atoms with E-state index in [0.717, 1.165) is 44.1 Å². The molecule has 1 saturated heterocycles. The fourth-order valence-corrected chi connectivity index (χ4v) is 3.40. The van der Waals surface area contributed by atoms with Gasteiger partial charge in [-0.05, 0) is 37.1 Å². The van der Waals surface area contributed by atoms with Crippen molar-refractivity contribution in [3.8, 4) is 0 Å². The zero-order valence-electron chi connectivity index (χ0n) is 16.7. The second-order valence-electron chi connectivity index (χ2n) is 7.31. The molecule has 6 nitrogen and oxygen atoms in total. The van der Waals surface area contributed by atoms with Crippen LogP contribution < -0.4 is 5.32 Å². The third-order valence-electron chi connectivity index (χ3n) is 5.01. The van der Waals surface area contributed by atoms with Gasteiger partial charge in [-0.25, -0.2) is 9.97 Å². The van der Waals surface area contributed by atoms with Gasteiger partial charge in [0.1, 0.15) is 5.69 Å². The molecule has 0 saturated carbocycles. The number of aromatic nitrogens is 2. The minimum Gasteiger partial charge on any atom is -0.335 e. The van der Waals surface area contributed by atoms with Crippen molar-refractivity contribution in [1.29, 1.82) is 0 Å². The maximum absolute atomic E-state index is 12.9. The van der Waals surface area contributed by atoms with Crippen molar-refractivity contribution in [1.82, 2.24) is 19.8 Å². The lowest BCUT2D eigenvalue weighted by atomic mass is 10.0. The van der Waals surface area contributed by atoms with Gasteiger partial charge in [0, 0.05) is 37.6 Å². The standard InChI is InChI=1S/C21H29N5O/c1-5-25-10-12-26(13-11-25)20(27)19-14-16(4)22-21(24-19)23-18-9-7-6-8-17(18)15(2)3/h6-9,14-15H,5,10-13H2,1-4H3,(H,22,23,24). The molecule has 1 aliphatic rings. The molecule has 0 aliphatic carbocycles. The van der Waals surface area contributed by atoms with Crippen LogP contribution >= 0.6 is 0 Å². The Labute approximate surface area is 161 Å². The van der Waals surface area contributed by atoms with Gasteiger partial charge in [-0.2, -0.15) is 0 Å². The Kier molecular flexibility index (Phi) is 6.06. The van der Waals surface area contributed by atoms with Crippen LogP contribution in [0.4, 0.5) is 11.6 Å². The molecule has 2 aromatic rings. The van der Waals surface area contributed by atoms with Gasteiger partial charge in [0.15, 0.2) is 0 Å². The zero-order valence-corrected chi connectivity index (χ0v) is 16.7. The summed E-state index contributed by atoms with van der Waals surface area (Å²) >= 11 is 0. The molecule has 3 rings (SSSR count). The SMILES string of the molecule is CCN1CCN(C(=O)c2cc(C)nc(Nc3ccccc3C(C)C)n2)CC1. The summed E-state index contributed by atoms with van der Waals surface area (Å²) in [6.45, 7) is 12.7. The van der Waals surface area contributed by atoms with Crippen LogP contribution in [0, 0.1) is 6.92 Å². The van der Waals surface area contributed by atoms with Crippen LogP contribution in [-0.4, -0.2) is 58.4 Å². The average Bonchev–Trinajstić information content (AvgIpc) is 2.67. The number of aryl methyl sites for hydroxylation is 1. The quantitative estimate of drug-likeness (QED) is 0.877. The average molecular weight is 367 g/mol. The number of likely N-dealkylation sites (N-methyl/N-ethyl adjacent to an activating group) is 1. The monoisotopic (exact) mass is 367 g/mol. The van der Waals surface area contributed by atoms with Gasteiger partial charge in [0.05, 0.1) is 0 Å². The van der Waals surface area contributed by atoms with E-state index in [1.165, 1.54) is 5.56 Å². The molecule has 0 spiro atoms. The number of rotatable bonds is 5. The molecular weight excluding hydrogens is 338 g/mol. The number of carbonyl (C=O) groups is 1. The Morgan fingerprint density at radius 1 is 1.15 bits per heavy atom. The molecule has 1 aliphatic heterocycles. The van der Waals surface area contributed by atoms with E-state index in [2.05, 4.69) is 47.0 Å². The topological polar surface area (TPSA) is 61.4 Å². The van der Waals surface area contributed by atoms with E-state index >= 15 is 0 Å². The molecule has 2 heterocycles. The number of carbonyl (C=O) groups excluding carboxylic acids is 1. The predicted molar refractivity (Wildman–Crippen MR) is 109 cm³/mol. The molecule has 0 atom stereocenters. The Bertz CT molecular complexity index is 797. The minimum atomic E-state index is -0.0172. The van der Waals surface area contributed by atoms with Crippen LogP contribution in [0.25, 0.3) is 0 Å². The Balaban J connectivity index is 1.80. The number of hydrogen-bond acceptors (Lipinski definition) is 5. The highest BCUT2D eigenvalue weighted by atomic mass is 16.2. The van der Waals surface area contributed by atoms with E-state index in [9.17, 15) is 4.79 Å². The molecule has 0 bridgehead atoms. The molecule has 1 N–H and O–H groups in total. The number of amides is 1. The number of anilines is 2. The highest BCUT2D eigenvalue weighted by Gasteiger charge is 2.23. The van der Waals surface area contributed by atoms with Crippen LogP contribution in [0.5, 0.6) is 0 Å². The number of para-hydroxylation sites is 1. The van der Waals surface area contributed by atoms with Crippen molar-refractivity contribution in [2.24, 2.45) is 0 Å². The maximum atomic E-state index is 12.9. The number of piperazine rings is 1. The third kappa shape index (κ3) is 4.63. The van der Waals surface area contributed by atoms with Crippen molar-refractivity contribution >= 4 is 17.5 Å². The number of nitrogens with zero attached hydrogens (tertiary/aromatic N) is 4. The lowest BCUT2D eigenvalue weighted by molar-refractivity contribution is 0.0637. The summed E-state index contributed by atoms with van der Waals surface area (Å²) in [6, 6.07) is 9.91. The Morgan fingerprint density at radius 3 is 2.52 bits per heavy atom.